The van der Waals surface area contributed by atoms with E-state index in [0.717, 1.165) is 24.4 Å². The van der Waals surface area contributed by atoms with Crippen molar-refractivity contribution in [2.75, 3.05) is 18.4 Å². The Morgan fingerprint density at radius 2 is 2.28 bits per heavy atom. The van der Waals surface area contributed by atoms with Crippen LogP contribution >= 0.6 is 0 Å². The molecule has 3 amide bonds. The van der Waals surface area contributed by atoms with Crippen LogP contribution < -0.4 is 10.6 Å². The maximum absolute atomic E-state index is 12.2. The zero-order valence-electron chi connectivity index (χ0n) is 14.4. The minimum absolute atomic E-state index is 0.124. The average Bonchev–Trinajstić information content (AvgIpc) is 3.16. The predicted molar refractivity (Wildman–Crippen MR) is 94.0 cm³/mol. The molecule has 1 saturated heterocycles. The van der Waals surface area contributed by atoms with Crippen LogP contribution in [0.2, 0.25) is 0 Å². The van der Waals surface area contributed by atoms with Crippen LogP contribution in [0, 0.1) is 6.92 Å². The van der Waals surface area contributed by atoms with Crippen LogP contribution in [0.5, 0.6) is 0 Å². The smallest absolute Gasteiger partial charge is 0.319 e. The van der Waals surface area contributed by atoms with Gasteiger partial charge >= 0.3 is 6.03 Å². The van der Waals surface area contributed by atoms with E-state index in [1.54, 1.807) is 11.0 Å². The number of nitrogens with one attached hydrogen (secondary N) is 3. The molecule has 1 aliphatic rings. The van der Waals surface area contributed by atoms with Crippen LogP contribution in [0.3, 0.4) is 0 Å². The normalized spacial score (nSPS) is 15.3. The van der Waals surface area contributed by atoms with Crippen molar-refractivity contribution >= 4 is 17.6 Å². The Kier molecular flexibility index (Phi) is 4.97. The zero-order valence-corrected chi connectivity index (χ0v) is 14.4. The Labute approximate surface area is 146 Å². The number of rotatable bonds is 5. The minimum atomic E-state index is -0.303. The molecule has 1 atom stereocenters. The number of carbonyl (C=O) groups is 2. The molecule has 2 heterocycles. The molecule has 0 radical (unpaired) electrons. The first-order chi connectivity index (χ1) is 12.0. The Hall–Kier alpha value is -2.90. The highest BCUT2D eigenvalue weighted by Crippen LogP contribution is 2.19. The standard InChI is InChI=1S/C17H22N6O2/c1-11(10-23-8-4-7-15(23)24)18-17(25)20-14-6-3-5-13(9-14)16-19-12(2)21-22-16/h3,5-6,9,11H,4,7-8,10H2,1-2H3,(H2,18,20,25)(H,19,21,22). The van der Waals surface area contributed by atoms with E-state index in [1.807, 2.05) is 32.0 Å². The summed E-state index contributed by atoms with van der Waals surface area (Å²) >= 11 is 0. The Morgan fingerprint density at radius 3 is 2.96 bits per heavy atom. The molecule has 3 rings (SSSR count). The first kappa shape index (κ1) is 16.9. The number of aryl methyl sites for hydroxylation is 1. The second-order valence-electron chi connectivity index (χ2n) is 6.27. The number of nitrogens with zero attached hydrogens (tertiary/aromatic N) is 3. The molecule has 3 N–H and O–H groups in total. The zero-order chi connectivity index (χ0) is 17.8. The predicted octanol–water partition coefficient (Wildman–Crippen LogP) is 1.91. The topological polar surface area (TPSA) is 103 Å². The number of benzene rings is 1. The van der Waals surface area contributed by atoms with Gasteiger partial charge in [0.1, 0.15) is 5.82 Å². The number of hydrogen-bond donors (Lipinski definition) is 3. The van der Waals surface area contributed by atoms with Gasteiger partial charge in [-0.05, 0) is 32.4 Å². The molecule has 0 bridgehead atoms. The van der Waals surface area contributed by atoms with Gasteiger partial charge in [0.15, 0.2) is 5.82 Å². The summed E-state index contributed by atoms with van der Waals surface area (Å²) in [6, 6.07) is 6.91. The number of H-pyrrole nitrogens is 1. The molecule has 132 valence electrons. The number of aromatic nitrogens is 3. The van der Waals surface area contributed by atoms with Gasteiger partial charge in [0.25, 0.3) is 0 Å². The van der Waals surface area contributed by atoms with Crippen LogP contribution in [0.25, 0.3) is 11.4 Å². The quantitative estimate of drug-likeness (QED) is 0.772. The monoisotopic (exact) mass is 342 g/mol. The summed E-state index contributed by atoms with van der Waals surface area (Å²) in [6.45, 7) is 5.02. The van der Waals surface area contributed by atoms with Gasteiger partial charge in [0, 0.05) is 36.8 Å². The van der Waals surface area contributed by atoms with Crippen molar-refractivity contribution in [3.05, 3.63) is 30.1 Å². The van der Waals surface area contributed by atoms with Crippen molar-refractivity contribution < 1.29 is 9.59 Å². The number of carbonyl (C=O) groups excluding carboxylic acids is 2. The summed E-state index contributed by atoms with van der Waals surface area (Å²) in [5.41, 5.74) is 1.47. The third-order valence-corrected chi connectivity index (χ3v) is 4.02. The van der Waals surface area contributed by atoms with Crippen molar-refractivity contribution in [1.82, 2.24) is 25.4 Å². The molecule has 0 spiro atoms. The molecule has 8 nitrogen and oxygen atoms in total. The third kappa shape index (κ3) is 4.34. The summed E-state index contributed by atoms with van der Waals surface area (Å²) in [4.78, 5) is 29.9. The van der Waals surface area contributed by atoms with Gasteiger partial charge in [-0.3, -0.25) is 9.89 Å². The van der Waals surface area contributed by atoms with E-state index in [0.29, 0.717) is 24.5 Å². The van der Waals surface area contributed by atoms with Gasteiger partial charge in [-0.25, -0.2) is 9.78 Å². The number of anilines is 1. The van der Waals surface area contributed by atoms with Gasteiger partial charge in [-0.1, -0.05) is 12.1 Å². The lowest BCUT2D eigenvalue weighted by molar-refractivity contribution is -0.127. The molecular formula is C17H22N6O2. The molecule has 8 heteroatoms. The second-order valence-corrected chi connectivity index (χ2v) is 6.27. The molecule has 1 fully saturated rings. The lowest BCUT2D eigenvalue weighted by atomic mass is 10.2. The number of urea groups is 1. The maximum atomic E-state index is 12.2. The molecule has 0 aliphatic carbocycles. The second kappa shape index (κ2) is 7.33. The molecule has 25 heavy (non-hydrogen) atoms. The van der Waals surface area contributed by atoms with Gasteiger partial charge < -0.3 is 15.5 Å². The van der Waals surface area contributed by atoms with E-state index in [4.69, 9.17) is 0 Å². The molecule has 2 aromatic rings. The fourth-order valence-electron chi connectivity index (χ4n) is 2.87. The SMILES string of the molecule is Cc1nc(-c2cccc(NC(=O)NC(C)CN3CCCC3=O)c2)n[nH]1. The van der Waals surface area contributed by atoms with Gasteiger partial charge in [0.05, 0.1) is 0 Å². The maximum Gasteiger partial charge on any atom is 0.319 e. The van der Waals surface area contributed by atoms with Crippen molar-refractivity contribution in [2.45, 2.75) is 32.7 Å². The number of aromatic amines is 1. The van der Waals surface area contributed by atoms with Gasteiger partial charge in [0.2, 0.25) is 5.91 Å². The molecular weight excluding hydrogens is 320 g/mol. The Bertz CT molecular complexity index is 772. The van der Waals surface area contributed by atoms with Crippen molar-refractivity contribution in [1.29, 1.82) is 0 Å². The highest BCUT2D eigenvalue weighted by Gasteiger charge is 2.22. The highest BCUT2D eigenvalue weighted by atomic mass is 16.2. The number of likely N-dealkylation sites (tertiary alicyclic amines) is 1. The van der Waals surface area contributed by atoms with Crippen molar-refractivity contribution in [3.8, 4) is 11.4 Å². The number of amides is 3. The summed E-state index contributed by atoms with van der Waals surface area (Å²) in [5.74, 6) is 1.47. The van der Waals surface area contributed by atoms with E-state index < -0.39 is 0 Å². The van der Waals surface area contributed by atoms with Crippen LogP contribution in [0.15, 0.2) is 24.3 Å². The minimum Gasteiger partial charge on any atom is -0.341 e. The fraction of sp³-hybridized carbons (Fsp3) is 0.412. The molecule has 1 aromatic carbocycles. The van der Waals surface area contributed by atoms with E-state index >= 15 is 0 Å². The van der Waals surface area contributed by atoms with Crippen LogP contribution in [0.1, 0.15) is 25.6 Å². The first-order valence-electron chi connectivity index (χ1n) is 8.36. The lowest BCUT2D eigenvalue weighted by Gasteiger charge is -2.21. The van der Waals surface area contributed by atoms with Gasteiger partial charge in [-0.15, -0.1) is 0 Å². The summed E-state index contributed by atoms with van der Waals surface area (Å²) in [6.07, 6.45) is 1.50. The molecule has 0 saturated carbocycles. The molecule has 1 aromatic heterocycles. The van der Waals surface area contributed by atoms with Crippen LogP contribution in [0.4, 0.5) is 10.5 Å². The lowest BCUT2D eigenvalue weighted by Crippen LogP contribution is -2.44. The van der Waals surface area contributed by atoms with Crippen molar-refractivity contribution in [3.63, 3.8) is 0 Å². The van der Waals surface area contributed by atoms with E-state index in [-0.39, 0.29) is 18.0 Å². The Morgan fingerprint density at radius 1 is 1.44 bits per heavy atom. The van der Waals surface area contributed by atoms with Crippen molar-refractivity contribution in [2.24, 2.45) is 0 Å². The van der Waals surface area contributed by atoms with E-state index in [2.05, 4.69) is 25.8 Å². The Balaban J connectivity index is 1.56. The average molecular weight is 342 g/mol. The summed E-state index contributed by atoms with van der Waals surface area (Å²) in [5, 5.41) is 12.6. The highest BCUT2D eigenvalue weighted by molar-refractivity contribution is 5.90. The number of hydrogen-bond acceptors (Lipinski definition) is 4. The van der Waals surface area contributed by atoms with Gasteiger partial charge in [-0.2, -0.15) is 5.10 Å². The summed E-state index contributed by atoms with van der Waals surface area (Å²) in [7, 11) is 0. The fourth-order valence-corrected chi connectivity index (χ4v) is 2.87. The largest absolute Gasteiger partial charge is 0.341 e. The first-order valence-corrected chi connectivity index (χ1v) is 8.36. The molecule has 1 aliphatic heterocycles. The van der Waals surface area contributed by atoms with E-state index in [9.17, 15) is 9.59 Å². The van der Waals surface area contributed by atoms with Crippen LogP contribution in [-0.4, -0.2) is 51.2 Å². The van der Waals surface area contributed by atoms with Crippen LogP contribution in [-0.2, 0) is 4.79 Å². The third-order valence-electron chi connectivity index (χ3n) is 4.02. The van der Waals surface area contributed by atoms with E-state index in [1.165, 1.54) is 0 Å². The summed E-state index contributed by atoms with van der Waals surface area (Å²) < 4.78 is 0. The molecule has 1 unspecified atom stereocenters.